The number of carboxylic acid groups (broad SMARTS) is 2. The average molecular weight is 2030 g/mol. The first-order valence-corrected chi connectivity index (χ1v) is 61.6. The highest BCUT2D eigenvalue weighted by atomic mass is 16.7. The zero-order valence-electron chi connectivity index (χ0n) is 94.5. The summed E-state index contributed by atoms with van der Waals surface area (Å²) < 4.78 is 53.9. The molecule has 12 bridgehead atoms. The van der Waals surface area contributed by atoms with Crippen LogP contribution in [0.3, 0.4) is 0 Å². The van der Waals surface area contributed by atoms with E-state index in [0.717, 1.165) is 261 Å². The molecule has 0 amide bonds. The van der Waals surface area contributed by atoms with Gasteiger partial charge in [-0.3, -0.25) is 38.4 Å². The number of carbonyl (C=O) groups is 8. The van der Waals surface area contributed by atoms with Gasteiger partial charge in [0.05, 0.1) is 85.0 Å². The van der Waals surface area contributed by atoms with Crippen LogP contribution in [0.2, 0.25) is 0 Å². The fourth-order valence-corrected chi connectivity index (χ4v) is 41.6. The van der Waals surface area contributed by atoms with Crippen LogP contribution in [-0.4, -0.2) is 135 Å². The van der Waals surface area contributed by atoms with Crippen molar-refractivity contribution in [2.75, 3.05) is 41.0 Å². The zero-order valence-corrected chi connectivity index (χ0v) is 94.5. The van der Waals surface area contributed by atoms with E-state index in [0.29, 0.717) is 60.6 Å². The molecular weight excluding hydrogens is 1820 g/mol. The molecular formula is C125H204O20. The second-order valence-corrected chi connectivity index (χ2v) is 53.2. The van der Waals surface area contributed by atoms with Gasteiger partial charge in [-0.05, 0) is 407 Å². The van der Waals surface area contributed by atoms with Crippen LogP contribution in [0.4, 0.5) is 0 Å². The number of rotatable bonds is 28. The van der Waals surface area contributed by atoms with Crippen LogP contribution in [0.5, 0.6) is 0 Å². The molecule has 4 aliphatic heterocycles. The predicted octanol–water partition coefficient (Wildman–Crippen LogP) is 26.8. The van der Waals surface area contributed by atoms with E-state index in [1.54, 1.807) is 14.2 Å². The molecule has 50 atom stereocenters. The minimum Gasteiger partial charge on any atom is -0.481 e. The summed E-state index contributed by atoms with van der Waals surface area (Å²) in [6, 6.07) is 0. The van der Waals surface area contributed by atoms with Crippen LogP contribution in [-0.2, 0) is 85.7 Å². The molecule has 20 nitrogen and oxygen atoms in total. The number of ether oxygens (including phenoxy) is 10. The quantitative estimate of drug-likeness (QED) is 0.0418. The van der Waals surface area contributed by atoms with Crippen molar-refractivity contribution in [3.8, 4) is 0 Å². The monoisotopic (exact) mass is 2030 g/mol. The summed E-state index contributed by atoms with van der Waals surface area (Å²) in [4.78, 5) is 95.5. The molecule has 0 spiro atoms. The Morgan fingerprint density at radius 2 is 0.531 bits per heavy atom. The van der Waals surface area contributed by atoms with E-state index in [9.17, 15) is 48.6 Å². The molecule has 23 fully saturated rings. The Morgan fingerprint density at radius 1 is 0.297 bits per heavy atom. The van der Waals surface area contributed by atoms with E-state index in [4.69, 9.17) is 47.4 Å². The third-order valence-electron chi connectivity index (χ3n) is 47.0. The second-order valence-electron chi connectivity index (χ2n) is 53.2. The topological polar surface area (TPSA) is 269 Å². The van der Waals surface area contributed by atoms with Crippen molar-refractivity contribution in [2.45, 2.75) is 425 Å². The summed E-state index contributed by atoms with van der Waals surface area (Å²) in [5, 5.41) is 18.7. The van der Waals surface area contributed by atoms with Gasteiger partial charge in [-0.1, -0.05) is 195 Å². The number of methoxy groups -OCH3 is 2. The van der Waals surface area contributed by atoms with Gasteiger partial charge in [0.2, 0.25) is 0 Å². The van der Waals surface area contributed by atoms with Gasteiger partial charge in [-0.15, -0.1) is 0 Å². The van der Waals surface area contributed by atoms with Crippen molar-refractivity contribution in [3.05, 3.63) is 0 Å². The molecule has 2 N–H and O–H groups in total. The minimum absolute atomic E-state index is 0.00685. The molecule has 145 heavy (non-hydrogen) atoms. The Balaban J connectivity index is 0.000000119. The number of cyclic esters (lactones) is 2. The Kier molecular flexibility index (Phi) is 38.0. The van der Waals surface area contributed by atoms with Gasteiger partial charge in [-0.2, -0.15) is 0 Å². The lowest BCUT2D eigenvalue weighted by atomic mass is 9.70. The van der Waals surface area contributed by atoms with Crippen molar-refractivity contribution >= 4 is 47.8 Å². The fraction of sp³-hybridized carbons (Fsp3) is 0.936. The number of aliphatic carboxylic acids is 2. The molecule has 0 aromatic heterocycles. The van der Waals surface area contributed by atoms with Crippen LogP contribution in [0.1, 0.15) is 389 Å². The molecule has 19 saturated carbocycles. The molecule has 20 heteroatoms. The van der Waals surface area contributed by atoms with Crippen LogP contribution < -0.4 is 0 Å². The molecule has 23 aliphatic rings. The van der Waals surface area contributed by atoms with Gasteiger partial charge in [0.1, 0.15) is 11.2 Å². The number of hydrogen-bond acceptors (Lipinski definition) is 18. The Morgan fingerprint density at radius 3 is 0.759 bits per heavy atom. The van der Waals surface area contributed by atoms with Crippen LogP contribution >= 0.6 is 0 Å². The minimum atomic E-state index is -0.522. The highest BCUT2D eigenvalue weighted by Gasteiger charge is 2.69. The summed E-state index contributed by atoms with van der Waals surface area (Å²) in [5.74, 6) is 29.4. The highest BCUT2D eigenvalue weighted by molar-refractivity contribution is 5.78. The zero-order chi connectivity index (χ0) is 104. The lowest BCUT2D eigenvalue weighted by Crippen LogP contribution is -2.39. The standard InChI is InChI=1S/C22H36O2.C19H32O2.2C17H28O3.2C15H24O2.2C10H16O3/c1-4-14-11-15(5-2)20-17-12-16(19(14)20)13-18(17)21(23)24-22(6-3)9-7-8-10-22;1-6-11-8-12(7-2)17-14-9-13(16(11)17)10-15(14)18(20)21-19(3,4)5;2*1-4-10-6-11(5-2)16-13-7-12(15(10)16)8-14(13)17(18)20-9-19-3;2*1-3-8-5-9(4-2)14-11-6-10(13(8)14)7-12(11)15(16)17;2*1-3-7-6-5-12-10(11)9(6)8(4-2)13-7/h14-20H,4-13H2,1-3H3;11-17H,6-10H2,1-5H3;2*10-16H,4-9H2,1-3H3;2*8-14H,3-7H2,1-2H3,(H,16,17);2*6-9H,3-5H2,1-2H3. The smallest absolute Gasteiger partial charge is 0.312 e. The molecule has 50 unspecified atom stereocenters. The summed E-state index contributed by atoms with van der Waals surface area (Å²) in [6.07, 6.45) is 48.1. The van der Waals surface area contributed by atoms with E-state index >= 15 is 0 Å². The maximum absolute atomic E-state index is 13.1. The van der Waals surface area contributed by atoms with E-state index in [1.165, 1.54) is 167 Å². The number of esters is 6. The molecule has 0 radical (unpaired) electrons. The van der Waals surface area contributed by atoms with Crippen molar-refractivity contribution in [1.29, 1.82) is 0 Å². The Bertz CT molecular complexity index is 4080. The molecule has 4 heterocycles. The second kappa shape index (κ2) is 48.7. The van der Waals surface area contributed by atoms with Crippen molar-refractivity contribution in [2.24, 2.45) is 272 Å². The first-order chi connectivity index (χ1) is 69.8. The first-order valence-electron chi connectivity index (χ1n) is 61.6. The lowest BCUT2D eigenvalue weighted by Gasteiger charge is -2.37. The van der Waals surface area contributed by atoms with Crippen LogP contribution in [0.25, 0.3) is 0 Å². The highest BCUT2D eigenvalue weighted by Crippen LogP contribution is 2.73. The summed E-state index contributed by atoms with van der Waals surface area (Å²) >= 11 is 0. The summed E-state index contributed by atoms with van der Waals surface area (Å²) in [7, 11) is 3.14. The molecule has 23 rings (SSSR count). The Labute approximate surface area is 876 Å². The summed E-state index contributed by atoms with van der Waals surface area (Å²) in [6.45, 7) is 45.8. The van der Waals surface area contributed by atoms with Crippen molar-refractivity contribution < 1.29 is 95.9 Å². The number of fused-ring (bicyclic) bond motifs is 32. The third kappa shape index (κ3) is 21.9. The van der Waals surface area contributed by atoms with Gasteiger partial charge < -0.3 is 57.6 Å². The third-order valence-corrected chi connectivity index (χ3v) is 47.0. The van der Waals surface area contributed by atoms with Gasteiger partial charge in [0, 0.05) is 26.1 Å². The number of carbonyl (C=O) groups excluding carboxylic acids is 6. The van der Waals surface area contributed by atoms with Crippen molar-refractivity contribution in [1.82, 2.24) is 0 Å². The van der Waals surface area contributed by atoms with Crippen LogP contribution in [0.15, 0.2) is 0 Å². The normalized spacial score (nSPS) is 46.6. The SMILES string of the molecule is CCC1CC(CC)C2C3CC(CC3C(=O)O)C12.CCC1CC(CC)C2C3CC(CC3C(=O)O)C12.CCC1CC(CC)C2C3CC(CC3C(=O)OC(C)(C)C)C12.CCC1CC(CC)C2C3CC(CC3C(=O)OC3(CC)CCCC3)C12.CCC1CC(CC)C2C3CC(CC3C(=O)OCOC)C12.CCC1CC(CC)C2C3CC(CC3C(=O)OCOC)C12.CCC1OC(CC)C2C(=O)OCC12.CCC1OC(CC)C2C(=O)OCC12. The molecule has 824 valence electrons. The number of carboxylic acids is 2. The van der Waals surface area contributed by atoms with Gasteiger partial charge in [-0.25, -0.2) is 0 Å². The van der Waals surface area contributed by atoms with Crippen LogP contribution in [0, 0.1) is 272 Å². The van der Waals surface area contributed by atoms with Gasteiger partial charge in [0.15, 0.2) is 13.6 Å². The van der Waals surface area contributed by atoms with Gasteiger partial charge >= 0.3 is 47.8 Å². The average Bonchev–Trinajstić information content (AvgIpc) is 1.59. The van der Waals surface area contributed by atoms with E-state index in [1.807, 2.05) is 20.8 Å². The van der Waals surface area contributed by atoms with E-state index < -0.39 is 11.9 Å². The fourth-order valence-electron chi connectivity index (χ4n) is 41.6. The van der Waals surface area contributed by atoms with Gasteiger partial charge in [0.25, 0.3) is 0 Å². The Hall–Kier alpha value is -4.40. The van der Waals surface area contributed by atoms with Crippen molar-refractivity contribution in [3.63, 3.8) is 0 Å². The maximum atomic E-state index is 13.1. The molecule has 19 aliphatic carbocycles. The molecule has 0 aromatic rings. The summed E-state index contributed by atoms with van der Waals surface area (Å²) in [5.41, 5.74) is -0.450. The maximum Gasteiger partial charge on any atom is 0.312 e. The molecule has 4 saturated heterocycles. The first kappa shape index (κ1) is 113. The largest absolute Gasteiger partial charge is 0.481 e. The molecule has 0 aromatic carbocycles. The van der Waals surface area contributed by atoms with E-state index in [-0.39, 0.29) is 132 Å². The van der Waals surface area contributed by atoms with E-state index in [2.05, 4.69) is 118 Å². The number of hydrogen-bond donors (Lipinski definition) is 2. The lowest BCUT2D eigenvalue weighted by molar-refractivity contribution is -0.168. The predicted molar refractivity (Wildman–Crippen MR) is 562 cm³/mol.